The van der Waals surface area contributed by atoms with Crippen molar-refractivity contribution in [2.45, 2.75) is 0 Å². The molecule has 0 saturated heterocycles. The summed E-state index contributed by atoms with van der Waals surface area (Å²) in [6.07, 6.45) is 1.72. The standard InChI is InChI=1S/C19H19N3O3S/c1-23-14-6-4-5-13(9-14)11-20-22-19-21-17(12-26-19)16-8-7-15(24-2)10-18(16)25-3/h4-12H,1-3H3,(H,21,22)/b20-11-. The van der Waals surface area contributed by atoms with Crippen LogP contribution in [-0.2, 0) is 0 Å². The van der Waals surface area contributed by atoms with E-state index in [4.69, 9.17) is 14.2 Å². The second-order valence-electron chi connectivity index (χ2n) is 5.25. The van der Waals surface area contributed by atoms with Gasteiger partial charge >= 0.3 is 0 Å². The molecule has 0 atom stereocenters. The fourth-order valence-electron chi connectivity index (χ4n) is 2.34. The first-order valence-electron chi connectivity index (χ1n) is 7.84. The summed E-state index contributed by atoms with van der Waals surface area (Å²) in [5, 5.41) is 6.87. The predicted molar refractivity (Wildman–Crippen MR) is 105 cm³/mol. The average molecular weight is 369 g/mol. The molecule has 1 aromatic heterocycles. The molecule has 0 aliphatic rings. The molecule has 0 radical (unpaired) electrons. The van der Waals surface area contributed by atoms with Crippen LogP contribution < -0.4 is 19.6 Å². The molecule has 0 spiro atoms. The molecule has 0 unspecified atom stereocenters. The van der Waals surface area contributed by atoms with Gasteiger partial charge in [0.25, 0.3) is 0 Å². The largest absolute Gasteiger partial charge is 0.497 e. The third kappa shape index (κ3) is 4.12. The first-order valence-corrected chi connectivity index (χ1v) is 8.72. The van der Waals surface area contributed by atoms with E-state index in [1.807, 2.05) is 47.8 Å². The Morgan fingerprint density at radius 1 is 1.00 bits per heavy atom. The van der Waals surface area contributed by atoms with E-state index in [0.717, 1.165) is 28.3 Å². The molecule has 0 amide bonds. The summed E-state index contributed by atoms with van der Waals surface area (Å²) < 4.78 is 15.9. The van der Waals surface area contributed by atoms with Crippen molar-refractivity contribution in [2.75, 3.05) is 26.8 Å². The quantitative estimate of drug-likeness (QED) is 0.497. The maximum Gasteiger partial charge on any atom is 0.203 e. The van der Waals surface area contributed by atoms with Crippen molar-refractivity contribution in [1.29, 1.82) is 0 Å². The topological polar surface area (TPSA) is 65.0 Å². The van der Waals surface area contributed by atoms with Crippen LogP contribution in [0.15, 0.2) is 52.9 Å². The molecule has 134 valence electrons. The third-order valence-electron chi connectivity index (χ3n) is 3.66. The Bertz CT molecular complexity index is 909. The lowest BCUT2D eigenvalue weighted by molar-refractivity contribution is 0.395. The highest BCUT2D eigenvalue weighted by Gasteiger charge is 2.11. The number of nitrogens with zero attached hydrogens (tertiary/aromatic N) is 2. The van der Waals surface area contributed by atoms with Crippen LogP contribution in [0, 0.1) is 0 Å². The van der Waals surface area contributed by atoms with Gasteiger partial charge in [0.2, 0.25) is 5.13 Å². The number of hydrogen-bond donors (Lipinski definition) is 1. The number of nitrogens with one attached hydrogen (secondary N) is 1. The lowest BCUT2D eigenvalue weighted by atomic mass is 10.1. The predicted octanol–water partition coefficient (Wildman–Crippen LogP) is 4.28. The number of thiazole rings is 1. The molecule has 3 rings (SSSR count). The lowest BCUT2D eigenvalue weighted by Crippen LogP contribution is -1.92. The Morgan fingerprint density at radius 2 is 1.81 bits per heavy atom. The van der Waals surface area contributed by atoms with Crippen molar-refractivity contribution < 1.29 is 14.2 Å². The van der Waals surface area contributed by atoms with Gasteiger partial charge in [-0.05, 0) is 29.8 Å². The molecule has 0 saturated carbocycles. The number of rotatable bonds is 7. The van der Waals surface area contributed by atoms with Crippen molar-refractivity contribution in [3.05, 3.63) is 53.4 Å². The molecule has 3 aromatic rings. The molecular weight excluding hydrogens is 350 g/mol. The van der Waals surface area contributed by atoms with Gasteiger partial charge in [-0.25, -0.2) is 4.98 Å². The number of methoxy groups -OCH3 is 3. The highest BCUT2D eigenvalue weighted by atomic mass is 32.1. The molecule has 0 fully saturated rings. The lowest BCUT2D eigenvalue weighted by Gasteiger charge is -2.08. The Kier molecular flexibility index (Phi) is 5.70. The Balaban J connectivity index is 1.73. The van der Waals surface area contributed by atoms with E-state index in [0.29, 0.717) is 10.9 Å². The van der Waals surface area contributed by atoms with Crippen molar-refractivity contribution in [1.82, 2.24) is 4.98 Å². The smallest absolute Gasteiger partial charge is 0.203 e. The van der Waals surface area contributed by atoms with Gasteiger partial charge in [0, 0.05) is 17.0 Å². The van der Waals surface area contributed by atoms with Crippen molar-refractivity contribution >= 4 is 22.7 Å². The highest BCUT2D eigenvalue weighted by molar-refractivity contribution is 7.14. The van der Waals surface area contributed by atoms with E-state index < -0.39 is 0 Å². The van der Waals surface area contributed by atoms with Gasteiger partial charge < -0.3 is 14.2 Å². The van der Waals surface area contributed by atoms with Crippen LogP contribution in [0.2, 0.25) is 0 Å². The van der Waals surface area contributed by atoms with Gasteiger partial charge in [-0.2, -0.15) is 5.10 Å². The number of anilines is 1. The summed E-state index contributed by atoms with van der Waals surface area (Å²) in [5.74, 6) is 2.24. The summed E-state index contributed by atoms with van der Waals surface area (Å²) >= 11 is 1.47. The number of hydrogen-bond acceptors (Lipinski definition) is 7. The zero-order valence-electron chi connectivity index (χ0n) is 14.7. The van der Waals surface area contributed by atoms with Gasteiger partial charge in [0.1, 0.15) is 17.2 Å². The first kappa shape index (κ1) is 17.8. The minimum absolute atomic E-state index is 0.692. The third-order valence-corrected chi connectivity index (χ3v) is 4.40. The van der Waals surface area contributed by atoms with Crippen LogP contribution in [0.3, 0.4) is 0 Å². The molecule has 6 nitrogen and oxygen atoms in total. The molecule has 0 aliphatic carbocycles. The maximum absolute atomic E-state index is 5.44. The second kappa shape index (κ2) is 8.35. The Hall–Kier alpha value is -3.06. The van der Waals surface area contributed by atoms with Gasteiger partial charge in [-0.1, -0.05) is 12.1 Å². The fraction of sp³-hybridized carbons (Fsp3) is 0.158. The number of hydrazone groups is 1. The molecule has 26 heavy (non-hydrogen) atoms. The maximum atomic E-state index is 5.44. The highest BCUT2D eigenvalue weighted by Crippen LogP contribution is 2.34. The van der Waals surface area contributed by atoms with E-state index in [9.17, 15) is 0 Å². The zero-order chi connectivity index (χ0) is 18.4. The summed E-state index contributed by atoms with van der Waals surface area (Å²) in [5.41, 5.74) is 5.60. The molecule has 2 aromatic carbocycles. The molecule has 0 aliphatic heterocycles. The van der Waals surface area contributed by atoms with Crippen molar-refractivity contribution in [2.24, 2.45) is 5.10 Å². The minimum Gasteiger partial charge on any atom is -0.497 e. The van der Waals surface area contributed by atoms with E-state index in [-0.39, 0.29) is 0 Å². The SMILES string of the molecule is COc1cccc(/C=N\Nc2nc(-c3ccc(OC)cc3OC)cs2)c1. The summed E-state index contributed by atoms with van der Waals surface area (Å²) in [4.78, 5) is 4.56. The molecule has 7 heteroatoms. The zero-order valence-corrected chi connectivity index (χ0v) is 15.5. The van der Waals surface area contributed by atoms with Crippen LogP contribution in [0.4, 0.5) is 5.13 Å². The Labute approximate surface area is 156 Å². The fourth-order valence-corrected chi connectivity index (χ4v) is 3.00. The van der Waals surface area contributed by atoms with E-state index >= 15 is 0 Å². The number of benzene rings is 2. The van der Waals surface area contributed by atoms with E-state index in [1.165, 1.54) is 11.3 Å². The molecular formula is C19H19N3O3S. The average Bonchev–Trinajstić information content (AvgIpc) is 3.16. The van der Waals surface area contributed by atoms with Gasteiger partial charge in [-0.15, -0.1) is 11.3 Å². The second-order valence-corrected chi connectivity index (χ2v) is 6.11. The van der Waals surface area contributed by atoms with Crippen LogP contribution in [0.25, 0.3) is 11.3 Å². The summed E-state index contributed by atoms with van der Waals surface area (Å²) in [6.45, 7) is 0. The van der Waals surface area contributed by atoms with Crippen LogP contribution in [-0.4, -0.2) is 32.5 Å². The summed E-state index contributed by atoms with van der Waals surface area (Å²) in [7, 11) is 4.89. The minimum atomic E-state index is 0.692. The van der Waals surface area contributed by atoms with Crippen molar-refractivity contribution in [3.63, 3.8) is 0 Å². The van der Waals surface area contributed by atoms with Crippen LogP contribution in [0.5, 0.6) is 17.2 Å². The molecule has 1 N–H and O–H groups in total. The molecule has 0 bridgehead atoms. The number of aromatic nitrogens is 1. The van der Waals surface area contributed by atoms with Gasteiger partial charge in [0.05, 0.1) is 33.2 Å². The Morgan fingerprint density at radius 3 is 2.58 bits per heavy atom. The van der Waals surface area contributed by atoms with Crippen LogP contribution in [0.1, 0.15) is 5.56 Å². The summed E-state index contributed by atoms with van der Waals surface area (Å²) in [6, 6.07) is 13.3. The van der Waals surface area contributed by atoms with Crippen LogP contribution >= 0.6 is 11.3 Å². The molecule has 1 heterocycles. The van der Waals surface area contributed by atoms with Gasteiger partial charge in [0.15, 0.2) is 0 Å². The normalized spacial score (nSPS) is 10.7. The number of ether oxygens (including phenoxy) is 3. The van der Waals surface area contributed by atoms with Crippen molar-refractivity contribution in [3.8, 4) is 28.5 Å². The monoisotopic (exact) mass is 369 g/mol. The van der Waals surface area contributed by atoms with Gasteiger partial charge in [-0.3, -0.25) is 5.43 Å². The first-order chi connectivity index (χ1) is 12.7. The van der Waals surface area contributed by atoms with E-state index in [2.05, 4.69) is 15.5 Å². The van der Waals surface area contributed by atoms with E-state index in [1.54, 1.807) is 27.5 Å².